The number of pyridine rings is 1. The molecule has 18 heavy (non-hydrogen) atoms. The second-order valence-electron chi connectivity index (χ2n) is 5.18. The molecule has 1 heterocycles. The highest BCUT2D eigenvalue weighted by atomic mass is 16.1. The fraction of sp³-hybridized carbons (Fsp3) is 0.400. The van der Waals surface area contributed by atoms with Gasteiger partial charge in [0.25, 0.3) is 5.56 Å². The average Bonchev–Trinajstić information content (AvgIpc) is 3.15. The van der Waals surface area contributed by atoms with Crippen LogP contribution in [0.2, 0.25) is 0 Å². The van der Waals surface area contributed by atoms with Crippen LogP contribution in [0.25, 0.3) is 10.9 Å². The smallest absolute Gasteiger partial charge is 0.251 e. The summed E-state index contributed by atoms with van der Waals surface area (Å²) in [5.41, 5.74) is 3.02. The number of aromatic amines is 1. The Morgan fingerprint density at radius 1 is 1.33 bits per heavy atom. The summed E-state index contributed by atoms with van der Waals surface area (Å²) in [6.07, 6.45) is 3.71. The minimum Gasteiger partial charge on any atom is -0.322 e. The number of hydrogen-bond donors (Lipinski definition) is 2. The van der Waals surface area contributed by atoms with Gasteiger partial charge >= 0.3 is 0 Å². The third-order valence-corrected chi connectivity index (χ3v) is 3.52. The molecule has 0 spiro atoms. The van der Waals surface area contributed by atoms with E-state index in [1.54, 1.807) is 0 Å². The SMILES string of the molecule is Cc1cc2cc(CCNC3CC3)ccc2[nH]c1=O. The maximum absolute atomic E-state index is 11.5. The quantitative estimate of drug-likeness (QED) is 0.862. The average molecular weight is 242 g/mol. The van der Waals surface area contributed by atoms with Gasteiger partial charge in [-0.1, -0.05) is 6.07 Å². The molecule has 0 aliphatic heterocycles. The molecule has 0 unspecified atom stereocenters. The van der Waals surface area contributed by atoms with Crippen molar-refractivity contribution in [1.82, 2.24) is 10.3 Å². The fourth-order valence-electron chi connectivity index (χ4n) is 2.23. The van der Waals surface area contributed by atoms with Gasteiger partial charge in [0.15, 0.2) is 0 Å². The lowest BCUT2D eigenvalue weighted by atomic mass is 10.1. The van der Waals surface area contributed by atoms with E-state index in [2.05, 4.69) is 22.4 Å². The molecule has 2 aromatic rings. The molecule has 1 aromatic carbocycles. The molecule has 0 amide bonds. The normalized spacial score (nSPS) is 15.2. The van der Waals surface area contributed by atoms with E-state index >= 15 is 0 Å². The highest BCUT2D eigenvalue weighted by Crippen LogP contribution is 2.19. The molecule has 3 heteroatoms. The van der Waals surface area contributed by atoms with Crippen molar-refractivity contribution in [1.29, 1.82) is 0 Å². The summed E-state index contributed by atoms with van der Waals surface area (Å²) in [6.45, 7) is 2.89. The zero-order valence-corrected chi connectivity index (χ0v) is 10.6. The van der Waals surface area contributed by atoms with E-state index in [1.807, 2.05) is 19.1 Å². The number of aryl methyl sites for hydroxylation is 1. The molecular formula is C15H18N2O. The van der Waals surface area contributed by atoms with Gasteiger partial charge in [-0.3, -0.25) is 4.79 Å². The summed E-state index contributed by atoms with van der Waals surface area (Å²) >= 11 is 0. The zero-order valence-electron chi connectivity index (χ0n) is 10.6. The Morgan fingerprint density at radius 2 is 2.17 bits per heavy atom. The number of nitrogens with one attached hydrogen (secondary N) is 2. The van der Waals surface area contributed by atoms with Crippen LogP contribution in [0, 0.1) is 6.92 Å². The van der Waals surface area contributed by atoms with Crippen molar-refractivity contribution in [3.05, 3.63) is 45.7 Å². The van der Waals surface area contributed by atoms with Crippen molar-refractivity contribution in [3.63, 3.8) is 0 Å². The third-order valence-electron chi connectivity index (χ3n) is 3.52. The lowest BCUT2D eigenvalue weighted by Crippen LogP contribution is -2.19. The first-order chi connectivity index (χ1) is 8.72. The van der Waals surface area contributed by atoms with Gasteiger partial charge in [-0.05, 0) is 61.9 Å². The molecule has 1 aliphatic carbocycles. The molecule has 1 saturated carbocycles. The Kier molecular flexibility index (Phi) is 2.92. The van der Waals surface area contributed by atoms with Gasteiger partial charge in [-0.15, -0.1) is 0 Å². The van der Waals surface area contributed by atoms with Crippen molar-refractivity contribution < 1.29 is 0 Å². The first-order valence-corrected chi connectivity index (χ1v) is 6.58. The predicted molar refractivity (Wildman–Crippen MR) is 74.0 cm³/mol. The number of rotatable bonds is 4. The predicted octanol–water partition coefficient (Wildman–Crippen LogP) is 2.13. The van der Waals surface area contributed by atoms with Gasteiger partial charge < -0.3 is 10.3 Å². The van der Waals surface area contributed by atoms with Crippen LogP contribution >= 0.6 is 0 Å². The highest BCUT2D eigenvalue weighted by Gasteiger charge is 2.19. The molecule has 1 aliphatic rings. The standard InChI is InChI=1S/C15H18N2O/c1-10-8-12-9-11(6-7-16-13-3-4-13)2-5-14(12)17-15(10)18/h2,5,8-9,13,16H,3-4,6-7H2,1H3,(H,17,18). The van der Waals surface area contributed by atoms with E-state index in [-0.39, 0.29) is 5.56 Å². The summed E-state index contributed by atoms with van der Waals surface area (Å²) in [5.74, 6) is 0. The number of fused-ring (bicyclic) bond motifs is 1. The Labute approximate surface area is 106 Å². The summed E-state index contributed by atoms with van der Waals surface area (Å²) in [4.78, 5) is 14.4. The van der Waals surface area contributed by atoms with E-state index in [4.69, 9.17) is 0 Å². The van der Waals surface area contributed by atoms with Crippen LogP contribution in [0.15, 0.2) is 29.1 Å². The lowest BCUT2D eigenvalue weighted by Gasteiger charge is -2.05. The van der Waals surface area contributed by atoms with Crippen molar-refractivity contribution in [2.75, 3.05) is 6.54 Å². The molecule has 2 N–H and O–H groups in total. The Morgan fingerprint density at radius 3 is 2.94 bits per heavy atom. The van der Waals surface area contributed by atoms with Gasteiger partial charge in [-0.2, -0.15) is 0 Å². The molecule has 0 radical (unpaired) electrons. The van der Waals surface area contributed by atoms with Crippen LogP contribution < -0.4 is 10.9 Å². The van der Waals surface area contributed by atoms with Crippen LogP contribution in [0.3, 0.4) is 0 Å². The second-order valence-corrected chi connectivity index (χ2v) is 5.18. The molecule has 0 saturated heterocycles. The van der Waals surface area contributed by atoms with Crippen molar-refractivity contribution >= 4 is 10.9 Å². The first kappa shape index (κ1) is 11.5. The van der Waals surface area contributed by atoms with Gasteiger partial charge in [0.1, 0.15) is 0 Å². The largest absolute Gasteiger partial charge is 0.322 e. The van der Waals surface area contributed by atoms with Crippen molar-refractivity contribution in [3.8, 4) is 0 Å². The highest BCUT2D eigenvalue weighted by molar-refractivity contribution is 5.79. The number of H-pyrrole nitrogens is 1. The van der Waals surface area contributed by atoms with E-state index < -0.39 is 0 Å². The van der Waals surface area contributed by atoms with Crippen LogP contribution in [0.1, 0.15) is 24.0 Å². The Bertz CT molecular complexity index is 626. The van der Waals surface area contributed by atoms with Gasteiger partial charge in [0.05, 0.1) is 0 Å². The molecule has 1 fully saturated rings. The summed E-state index contributed by atoms with van der Waals surface area (Å²) < 4.78 is 0. The molecule has 0 bridgehead atoms. The topological polar surface area (TPSA) is 44.9 Å². The van der Waals surface area contributed by atoms with Crippen LogP contribution in [-0.2, 0) is 6.42 Å². The zero-order chi connectivity index (χ0) is 12.5. The molecule has 3 rings (SSSR count). The number of aromatic nitrogens is 1. The minimum absolute atomic E-state index is 0.00523. The van der Waals surface area contributed by atoms with Gasteiger partial charge in [0, 0.05) is 17.1 Å². The molecule has 1 aromatic heterocycles. The lowest BCUT2D eigenvalue weighted by molar-refractivity contribution is 0.682. The van der Waals surface area contributed by atoms with Gasteiger partial charge in [-0.25, -0.2) is 0 Å². The van der Waals surface area contributed by atoms with Crippen molar-refractivity contribution in [2.45, 2.75) is 32.2 Å². The number of hydrogen-bond acceptors (Lipinski definition) is 2. The third kappa shape index (κ3) is 2.46. The number of benzene rings is 1. The van der Waals surface area contributed by atoms with Crippen LogP contribution in [0.4, 0.5) is 0 Å². The minimum atomic E-state index is 0.00523. The molecular weight excluding hydrogens is 224 g/mol. The van der Waals surface area contributed by atoms with E-state index in [0.717, 1.165) is 35.5 Å². The fourth-order valence-corrected chi connectivity index (χ4v) is 2.23. The van der Waals surface area contributed by atoms with Crippen LogP contribution in [0.5, 0.6) is 0 Å². The van der Waals surface area contributed by atoms with Crippen LogP contribution in [-0.4, -0.2) is 17.6 Å². The summed E-state index contributed by atoms with van der Waals surface area (Å²) in [6, 6.07) is 9.01. The maximum Gasteiger partial charge on any atom is 0.251 e. The molecule has 3 nitrogen and oxygen atoms in total. The van der Waals surface area contributed by atoms with Gasteiger partial charge in [0.2, 0.25) is 0 Å². The maximum atomic E-state index is 11.5. The Hall–Kier alpha value is -1.61. The summed E-state index contributed by atoms with van der Waals surface area (Å²) in [5, 5.41) is 4.64. The van der Waals surface area contributed by atoms with E-state index in [0.29, 0.717) is 0 Å². The van der Waals surface area contributed by atoms with E-state index in [9.17, 15) is 4.79 Å². The second kappa shape index (κ2) is 4.58. The van der Waals surface area contributed by atoms with Crippen molar-refractivity contribution in [2.24, 2.45) is 0 Å². The van der Waals surface area contributed by atoms with E-state index in [1.165, 1.54) is 18.4 Å². The molecule has 94 valence electrons. The summed E-state index contributed by atoms with van der Waals surface area (Å²) in [7, 11) is 0. The molecule has 0 atom stereocenters. The monoisotopic (exact) mass is 242 g/mol. The first-order valence-electron chi connectivity index (χ1n) is 6.58. The Balaban J connectivity index is 1.80.